The molecule has 2 rings (SSSR count). The van der Waals surface area contributed by atoms with Gasteiger partial charge in [0, 0.05) is 11.6 Å². The SMILES string of the molecule is COc1cc(F)ccc1[C@@H](OC1CC1)[C@H](C)OC(=O)[C@H](C)CC(=O)OC(C)(C)C. The van der Waals surface area contributed by atoms with Gasteiger partial charge in [-0.15, -0.1) is 0 Å². The van der Waals surface area contributed by atoms with E-state index in [2.05, 4.69) is 0 Å². The molecule has 0 aliphatic heterocycles. The summed E-state index contributed by atoms with van der Waals surface area (Å²) in [6, 6.07) is 4.18. The number of benzene rings is 1. The molecule has 7 heteroatoms. The molecule has 0 aromatic heterocycles. The molecule has 29 heavy (non-hydrogen) atoms. The molecule has 0 heterocycles. The molecule has 0 N–H and O–H groups in total. The molecule has 0 spiro atoms. The first-order valence-electron chi connectivity index (χ1n) is 9.91. The van der Waals surface area contributed by atoms with Gasteiger partial charge in [0.05, 0.1) is 25.6 Å². The fourth-order valence-electron chi connectivity index (χ4n) is 2.85. The lowest BCUT2D eigenvalue weighted by molar-refractivity contribution is -0.167. The summed E-state index contributed by atoms with van der Waals surface area (Å²) in [5, 5.41) is 0. The van der Waals surface area contributed by atoms with Crippen molar-refractivity contribution in [1.82, 2.24) is 0 Å². The van der Waals surface area contributed by atoms with Crippen molar-refractivity contribution in [2.45, 2.75) is 77.8 Å². The van der Waals surface area contributed by atoms with E-state index in [1.54, 1.807) is 40.7 Å². The van der Waals surface area contributed by atoms with E-state index in [0.717, 1.165) is 12.8 Å². The van der Waals surface area contributed by atoms with Gasteiger partial charge in [0.1, 0.15) is 29.4 Å². The highest BCUT2D eigenvalue weighted by atomic mass is 19.1. The van der Waals surface area contributed by atoms with Crippen LogP contribution in [0.4, 0.5) is 4.39 Å². The van der Waals surface area contributed by atoms with E-state index in [1.807, 2.05) is 0 Å². The maximum absolute atomic E-state index is 13.6. The molecule has 1 aromatic rings. The van der Waals surface area contributed by atoms with Crippen LogP contribution in [-0.4, -0.2) is 36.9 Å². The highest BCUT2D eigenvalue weighted by Gasteiger charge is 2.34. The van der Waals surface area contributed by atoms with E-state index in [1.165, 1.54) is 19.2 Å². The summed E-state index contributed by atoms with van der Waals surface area (Å²) in [6.07, 6.45) is 0.608. The first kappa shape index (κ1) is 23.1. The molecule has 1 saturated carbocycles. The maximum Gasteiger partial charge on any atom is 0.309 e. The molecule has 0 unspecified atom stereocenters. The Bertz CT molecular complexity index is 723. The highest BCUT2D eigenvalue weighted by molar-refractivity contribution is 5.80. The first-order valence-corrected chi connectivity index (χ1v) is 9.91. The molecule has 6 nitrogen and oxygen atoms in total. The second kappa shape index (κ2) is 9.57. The zero-order valence-electron chi connectivity index (χ0n) is 18.0. The van der Waals surface area contributed by atoms with Crippen molar-refractivity contribution in [3.05, 3.63) is 29.6 Å². The van der Waals surface area contributed by atoms with Crippen LogP contribution in [0, 0.1) is 11.7 Å². The number of hydrogen-bond acceptors (Lipinski definition) is 6. The molecule has 1 aliphatic rings. The monoisotopic (exact) mass is 410 g/mol. The Morgan fingerprint density at radius 1 is 1.21 bits per heavy atom. The number of carbonyl (C=O) groups excluding carboxylic acids is 2. The van der Waals surface area contributed by atoms with Crippen LogP contribution in [0.5, 0.6) is 5.75 Å². The first-order chi connectivity index (χ1) is 13.5. The zero-order chi connectivity index (χ0) is 21.8. The van der Waals surface area contributed by atoms with Gasteiger partial charge >= 0.3 is 11.9 Å². The standard InChI is InChI=1S/C22H31FO6/c1-13(11-19(24)29-22(3,4)5)21(25)27-14(2)20(28-16-8-9-16)17-10-7-15(23)12-18(17)26-6/h7,10,12-14,16,20H,8-9,11H2,1-6H3/t13-,14+,20+/m1/s1. The predicted octanol–water partition coefficient (Wildman–Crippen LogP) is 4.35. The van der Waals surface area contributed by atoms with Crippen LogP contribution < -0.4 is 4.74 Å². The van der Waals surface area contributed by atoms with E-state index in [-0.39, 0.29) is 12.5 Å². The van der Waals surface area contributed by atoms with Crippen molar-refractivity contribution in [3.8, 4) is 5.75 Å². The van der Waals surface area contributed by atoms with Crippen molar-refractivity contribution in [1.29, 1.82) is 0 Å². The van der Waals surface area contributed by atoms with Gasteiger partial charge in [-0.1, -0.05) is 6.92 Å². The minimum absolute atomic E-state index is 0.0726. The Morgan fingerprint density at radius 3 is 2.41 bits per heavy atom. The molecule has 0 bridgehead atoms. The third-order valence-electron chi connectivity index (χ3n) is 4.39. The van der Waals surface area contributed by atoms with Crippen molar-refractivity contribution in [2.75, 3.05) is 7.11 Å². The number of esters is 2. The van der Waals surface area contributed by atoms with Crippen molar-refractivity contribution < 1.29 is 32.9 Å². The molecule has 162 valence electrons. The highest BCUT2D eigenvalue weighted by Crippen LogP contribution is 2.37. The van der Waals surface area contributed by atoms with Crippen LogP contribution in [0.3, 0.4) is 0 Å². The average molecular weight is 410 g/mol. The van der Waals surface area contributed by atoms with Gasteiger partial charge in [-0.2, -0.15) is 0 Å². The van der Waals surface area contributed by atoms with Crippen molar-refractivity contribution >= 4 is 11.9 Å². The van der Waals surface area contributed by atoms with E-state index in [0.29, 0.717) is 11.3 Å². The second-order valence-electron chi connectivity index (χ2n) is 8.48. The van der Waals surface area contributed by atoms with Crippen molar-refractivity contribution in [2.24, 2.45) is 5.92 Å². The van der Waals surface area contributed by atoms with Gasteiger partial charge in [-0.05, 0) is 52.7 Å². The van der Waals surface area contributed by atoms with Crippen LogP contribution in [-0.2, 0) is 23.8 Å². The molecule has 3 atom stereocenters. The summed E-state index contributed by atoms with van der Waals surface area (Å²) < 4.78 is 35.8. The van der Waals surface area contributed by atoms with E-state index < -0.39 is 41.5 Å². The summed E-state index contributed by atoms with van der Waals surface area (Å²) in [7, 11) is 1.45. The lowest BCUT2D eigenvalue weighted by Crippen LogP contribution is -2.30. The molecular formula is C22H31FO6. The molecule has 0 amide bonds. The van der Waals surface area contributed by atoms with Gasteiger partial charge in [-0.25, -0.2) is 4.39 Å². The lowest BCUT2D eigenvalue weighted by atomic mass is 10.0. The Balaban J connectivity index is 2.07. The zero-order valence-corrected chi connectivity index (χ0v) is 18.0. The Hall–Kier alpha value is -2.15. The minimum atomic E-state index is -0.663. The van der Waals surface area contributed by atoms with Crippen LogP contribution in [0.2, 0.25) is 0 Å². The molecule has 0 radical (unpaired) electrons. The fourth-order valence-corrected chi connectivity index (χ4v) is 2.85. The quantitative estimate of drug-likeness (QED) is 0.564. The largest absolute Gasteiger partial charge is 0.496 e. The lowest BCUT2D eigenvalue weighted by Gasteiger charge is -2.27. The Kier molecular flexibility index (Phi) is 7.63. The molecule has 1 fully saturated rings. The van der Waals surface area contributed by atoms with Crippen LogP contribution in [0.15, 0.2) is 18.2 Å². The number of ether oxygens (including phenoxy) is 4. The summed E-state index contributed by atoms with van der Waals surface area (Å²) in [4.78, 5) is 24.5. The summed E-state index contributed by atoms with van der Waals surface area (Å²) in [6.45, 7) is 8.64. The number of methoxy groups -OCH3 is 1. The predicted molar refractivity (Wildman–Crippen MR) is 105 cm³/mol. The Morgan fingerprint density at radius 2 is 1.86 bits per heavy atom. The number of hydrogen-bond donors (Lipinski definition) is 0. The molecular weight excluding hydrogens is 379 g/mol. The van der Waals surface area contributed by atoms with Gasteiger partial charge in [0.2, 0.25) is 0 Å². The summed E-state index contributed by atoms with van der Waals surface area (Å²) in [5.74, 6) is -1.73. The van der Waals surface area contributed by atoms with E-state index in [9.17, 15) is 14.0 Å². The van der Waals surface area contributed by atoms with Gasteiger partial charge < -0.3 is 18.9 Å². The van der Waals surface area contributed by atoms with Gasteiger partial charge in [-0.3, -0.25) is 9.59 Å². The second-order valence-corrected chi connectivity index (χ2v) is 8.48. The average Bonchev–Trinajstić information content (AvgIpc) is 3.42. The summed E-state index contributed by atoms with van der Waals surface area (Å²) in [5.41, 5.74) is -0.00281. The van der Waals surface area contributed by atoms with Crippen LogP contribution >= 0.6 is 0 Å². The number of carbonyl (C=O) groups is 2. The van der Waals surface area contributed by atoms with Crippen LogP contribution in [0.1, 0.15) is 65.5 Å². The number of halogens is 1. The maximum atomic E-state index is 13.6. The fraction of sp³-hybridized carbons (Fsp3) is 0.636. The third kappa shape index (κ3) is 7.31. The van der Waals surface area contributed by atoms with Crippen molar-refractivity contribution in [3.63, 3.8) is 0 Å². The number of rotatable bonds is 9. The molecule has 1 aromatic carbocycles. The third-order valence-corrected chi connectivity index (χ3v) is 4.39. The minimum Gasteiger partial charge on any atom is -0.496 e. The smallest absolute Gasteiger partial charge is 0.309 e. The molecule has 0 saturated heterocycles. The topological polar surface area (TPSA) is 71.1 Å². The van der Waals surface area contributed by atoms with E-state index in [4.69, 9.17) is 18.9 Å². The summed E-state index contributed by atoms with van der Waals surface area (Å²) >= 11 is 0. The van der Waals surface area contributed by atoms with E-state index >= 15 is 0 Å². The van der Waals surface area contributed by atoms with Gasteiger partial charge in [0.25, 0.3) is 0 Å². The molecule has 1 aliphatic carbocycles. The Labute approximate surface area is 171 Å². The van der Waals surface area contributed by atoms with Gasteiger partial charge in [0.15, 0.2) is 0 Å². The normalized spacial score (nSPS) is 17.2. The van der Waals surface area contributed by atoms with Crippen LogP contribution in [0.25, 0.3) is 0 Å².